The summed E-state index contributed by atoms with van der Waals surface area (Å²) in [5.74, 6) is 0. The maximum absolute atomic E-state index is 9.57. The van der Waals surface area contributed by atoms with E-state index in [1.54, 1.807) is 11.3 Å². The molecule has 2 N–H and O–H groups in total. The molecule has 0 aliphatic rings. The number of nitrogens with one attached hydrogen (secondary N) is 1. The summed E-state index contributed by atoms with van der Waals surface area (Å²) in [6, 6.07) is 8.52. The highest BCUT2D eigenvalue weighted by Crippen LogP contribution is 2.27. The van der Waals surface area contributed by atoms with Gasteiger partial charge in [-0.05, 0) is 35.2 Å². The lowest BCUT2D eigenvalue weighted by Gasteiger charge is -2.29. The molecule has 1 aromatic carbocycles. The van der Waals surface area contributed by atoms with Crippen LogP contribution in [0, 0.1) is 5.41 Å². The number of rotatable bonds is 7. The van der Waals surface area contributed by atoms with Gasteiger partial charge in [-0.1, -0.05) is 32.0 Å². The van der Waals surface area contributed by atoms with Crippen LogP contribution in [0.5, 0.6) is 0 Å². The predicted molar refractivity (Wildman–Crippen MR) is 83.6 cm³/mol. The molecule has 0 fully saturated rings. The second-order valence-electron chi connectivity index (χ2n) is 5.23. The molecule has 1 aromatic heterocycles. The van der Waals surface area contributed by atoms with E-state index in [0.717, 1.165) is 25.9 Å². The molecule has 0 amide bonds. The summed E-state index contributed by atoms with van der Waals surface area (Å²) >= 11 is 1.80. The van der Waals surface area contributed by atoms with E-state index in [-0.39, 0.29) is 12.0 Å². The first kappa shape index (κ1) is 14.5. The molecule has 0 aliphatic carbocycles. The van der Waals surface area contributed by atoms with Crippen LogP contribution in [0.2, 0.25) is 0 Å². The maximum Gasteiger partial charge on any atom is 0.0499 e. The molecule has 0 atom stereocenters. The molecule has 2 aromatic rings. The van der Waals surface area contributed by atoms with Crippen LogP contribution in [0.3, 0.4) is 0 Å². The first-order chi connectivity index (χ1) is 9.24. The highest BCUT2D eigenvalue weighted by molar-refractivity contribution is 7.17. The Kier molecular flexibility index (Phi) is 4.97. The number of thiophene rings is 1. The zero-order valence-corrected chi connectivity index (χ0v) is 12.6. The lowest BCUT2D eigenvalue weighted by Crippen LogP contribution is -2.36. The van der Waals surface area contributed by atoms with Crippen molar-refractivity contribution < 1.29 is 5.11 Å². The third kappa shape index (κ3) is 3.16. The summed E-state index contributed by atoms with van der Waals surface area (Å²) in [6.07, 6.45) is 2.02. The second kappa shape index (κ2) is 6.51. The van der Waals surface area contributed by atoms with E-state index in [9.17, 15) is 5.11 Å². The number of aliphatic hydroxyl groups excluding tert-OH is 1. The summed E-state index contributed by atoms with van der Waals surface area (Å²) in [5.41, 5.74) is 1.39. The fourth-order valence-electron chi connectivity index (χ4n) is 2.41. The molecule has 2 rings (SSSR count). The van der Waals surface area contributed by atoms with E-state index < -0.39 is 0 Å². The lowest BCUT2D eigenvalue weighted by atomic mass is 9.83. The van der Waals surface area contributed by atoms with Crippen molar-refractivity contribution in [3.8, 4) is 0 Å². The van der Waals surface area contributed by atoms with Crippen molar-refractivity contribution in [1.82, 2.24) is 5.32 Å². The molecule has 19 heavy (non-hydrogen) atoms. The Balaban J connectivity index is 1.99. The van der Waals surface area contributed by atoms with Crippen LogP contribution in [0.25, 0.3) is 10.1 Å². The summed E-state index contributed by atoms with van der Waals surface area (Å²) in [5, 5.41) is 16.7. The number of hydrogen-bond donors (Lipinski definition) is 2. The monoisotopic (exact) mass is 277 g/mol. The molecule has 104 valence electrons. The first-order valence-corrected chi connectivity index (χ1v) is 7.89. The Bertz CT molecular complexity index is 508. The van der Waals surface area contributed by atoms with E-state index >= 15 is 0 Å². The normalized spacial score (nSPS) is 12.2. The van der Waals surface area contributed by atoms with E-state index in [4.69, 9.17) is 0 Å². The van der Waals surface area contributed by atoms with Gasteiger partial charge in [-0.15, -0.1) is 11.3 Å². The maximum atomic E-state index is 9.57. The fourth-order valence-corrected chi connectivity index (χ4v) is 3.37. The smallest absolute Gasteiger partial charge is 0.0499 e. The van der Waals surface area contributed by atoms with Gasteiger partial charge in [-0.3, -0.25) is 0 Å². The van der Waals surface area contributed by atoms with Crippen LogP contribution in [-0.4, -0.2) is 18.3 Å². The number of hydrogen-bond acceptors (Lipinski definition) is 3. The molecule has 0 unspecified atom stereocenters. The van der Waals surface area contributed by atoms with Gasteiger partial charge in [0.2, 0.25) is 0 Å². The van der Waals surface area contributed by atoms with Crippen molar-refractivity contribution in [3.05, 3.63) is 35.2 Å². The Labute approximate surface area is 119 Å². The van der Waals surface area contributed by atoms with Crippen LogP contribution in [-0.2, 0) is 6.54 Å². The SMILES string of the molecule is CCC(CC)(CO)CNCc1csc2ccccc12. The molecular formula is C16H23NOS. The molecule has 0 spiro atoms. The van der Waals surface area contributed by atoms with Crippen molar-refractivity contribution in [3.63, 3.8) is 0 Å². The topological polar surface area (TPSA) is 32.3 Å². The molecular weight excluding hydrogens is 254 g/mol. The minimum absolute atomic E-state index is 0.0336. The number of benzene rings is 1. The fraction of sp³-hybridized carbons (Fsp3) is 0.500. The second-order valence-corrected chi connectivity index (χ2v) is 6.14. The van der Waals surface area contributed by atoms with Crippen LogP contribution < -0.4 is 5.32 Å². The number of fused-ring (bicyclic) bond motifs is 1. The third-order valence-electron chi connectivity index (χ3n) is 4.21. The van der Waals surface area contributed by atoms with Crippen LogP contribution in [0.1, 0.15) is 32.3 Å². The Morgan fingerprint density at radius 2 is 1.95 bits per heavy atom. The third-order valence-corrected chi connectivity index (χ3v) is 5.22. The average Bonchev–Trinajstić information content (AvgIpc) is 2.88. The van der Waals surface area contributed by atoms with Crippen molar-refractivity contribution in [2.75, 3.05) is 13.2 Å². The molecule has 3 heteroatoms. The van der Waals surface area contributed by atoms with Gasteiger partial charge < -0.3 is 10.4 Å². The lowest BCUT2D eigenvalue weighted by molar-refractivity contribution is 0.113. The molecule has 0 saturated carbocycles. The quantitative estimate of drug-likeness (QED) is 0.807. The molecule has 0 aliphatic heterocycles. The largest absolute Gasteiger partial charge is 0.396 e. The van der Waals surface area contributed by atoms with Gasteiger partial charge in [-0.25, -0.2) is 0 Å². The van der Waals surface area contributed by atoms with E-state index in [0.29, 0.717) is 0 Å². The molecule has 1 heterocycles. The van der Waals surface area contributed by atoms with Gasteiger partial charge >= 0.3 is 0 Å². The summed E-state index contributed by atoms with van der Waals surface area (Å²) in [7, 11) is 0. The standard InChI is InChI=1S/C16H23NOS/c1-3-16(4-2,12-18)11-17-9-13-10-19-15-8-6-5-7-14(13)15/h5-8,10,17-18H,3-4,9,11-12H2,1-2H3. The van der Waals surface area contributed by atoms with E-state index in [1.807, 2.05) is 0 Å². The average molecular weight is 277 g/mol. The van der Waals surface area contributed by atoms with Crippen LogP contribution in [0.4, 0.5) is 0 Å². The van der Waals surface area contributed by atoms with Crippen LogP contribution >= 0.6 is 11.3 Å². The van der Waals surface area contributed by atoms with Crippen molar-refractivity contribution in [1.29, 1.82) is 0 Å². The minimum atomic E-state index is 0.0336. The highest BCUT2D eigenvalue weighted by atomic mass is 32.1. The summed E-state index contributed by atoms with van der Waals surface area (Å²) < 4.78 is 1.35. The molecule has 0 radical (unpaired) electrons. The van der Waals surface area contributed by atoms with Gasteiger partial charge in [0.15, 0.2) is 0 Å². The molecule has 0 saturated heterocycles. The summed E-state index contributed by atoms with van der Waals surface area (Å²) in [4.78, 5) is 0. The van der Waals surface area contributed by atoms with Gasteiger partial charge in [0.25, 0.3) is 0 Å². The highest BCUT2D eigenvalue weighted by Gasteiger charge is 2.24. The minimum Gasteiger partial charge on any atom is -0.396 e. The Morgan fingerprint density at radius 3 is 2.63 bits per heavy atom. The van der Waals surface area contributed by atoms with E-state index in [1.165, 1.54) is 15.6 Å². The van der Waals surface area contributed by atoms with E-state index in [2.05, 4.69) is 48.8 Å². The van der Waals surface area contributed by atoms with Crippen molar-refractivity contribution in [2.45, 2.75) is 33.2 Å². The Morgan fingerprint density at radius 1 is 1.21 bits per heavy atom. The van der Waals surface area contributed by atoms with Crippen molar-refractivity contribution in [2.24, 2.45) is 5.41 Å². The Hall–Kier alpha value is -0.900. The van der Waals surface area contributed by atoms with Crippen LogP contribution in [0.15, 0.2) is 29.6 Å². The van der Waals surface area contributed by atoms with Gasteiger partial charge in [0, 0.05) is 29.8 Å². The van der Waals surface area contributed by atoms with Gasteiger partial charge in [-0.2, -0.15) is 0 Å². The zero-order valence-electron chi connectivity index (χ0n) is 11.8. The predicted octanol–water partition coefficient (Wildman–Crippen LogP) is 3.79. The first-order valence-electron chi connectivity index (χ1n) is 7.01. The molecule has 0 bridgehead atoms. The molecule has 2 nitrogen and oxygen atoms in total. The van der Waals surface area contributed by atoms with Gasteiger partial charge in [0.1, 0.15) is 0 Å². The van der Waals surface area contributed by atoms with Gasteiger partial charge in [0.05, 0.1) is 0 Å². The summed E-state index contributed by atoms with van der Waals surface area (Å²) in [6.45, 7) is 6.33. The van der Waals surface area contributed by atoms with Crippen molar-refractivity contribution >= 4 is 21.4 Å². The number of aliphatic hydroxyl groups is 1. The zero-order chi connectivity index (χ0) is 13.7.